The van der Waals surface area contributed by atoms with E-state index in [0.29, 0.717) is 0 Å². The van der Waals surface area contributed by atoms with Crippen LogP contribution in [0.4, 0.5) is 0 Å². The van der Waals surface area contributed by atoms with Crippen LogP contribution in [0.2, 0.25) is 0 Å². The highest BCUT2D eigenvalue weighted by atomic mass is 15.4. The second-order valence-electron chi connectivity index (χ2n) is 4.03. The van der Waals surface area contributed by atoms with Gasteiger partial charge in [0.25, 0.3) is 0 Å². The van der Waals surface area contributed by atoms with Crippen LogP contribution < -0.4 is 5.32 Å². The molecule has 0 aliphatic heterocycles. The summed E-state index contributed by atoms with van der Waals surface area (Å²) < 4.78 is 1.98. The minimum absolute atomic E-state index is 0.791. The largest absolute Gasteiger partial charge is 0.314 e. The van der Waals surface area contributed by atoms with Crippen LogP contribution in [0.3, 0.4) is 0 Å². The van der Waals surface area contributed by atoms with Crippen molar-refractivity contribution in [3.05, 3.63) is 11.4 Å². The lowest BCUT2D eigenvalue weighted by Gasteiger charge is -2.09. The average molecular weight is 211 g/mol. The maximum Gasteiger partial charge on any atom is 0.0993 e. The smallest absolute Gasteiger partial charge is 0.0993 e. The first-order valence-electron chi connectivity index (χ1n) is 5.33. The fourth-order valence-corrected chi connectivity index (χ4v) is 1.48. The van der Waals surface area contributed by atoms with Gasteiger partial charge in [0.15, 0.2) is 0 Å². The molecule has 0 saturated heterocycles. The first kappa shape index (κ1) is 12.1. The van der Waals surface area contributed by atoms with Crippen LogP contribution in [0.25, 0.3) is 0 Å². The standard InChI is InChI=1S/C10H21N5/c1-9-10(8-11-2)12-13-15(9)7-5-6-14(3)4/h11H,5-8H2,1-4H3. The van der Waals surface area contributed by atoms with E-state index in [4.69, 9.17) is 0 Å². The lowest BCUT2D eigenvalue weighted by atomic mass is 10.3. The monoisotopic (exact) mass is 211 g/mol. The van der Waals surface area contributed by atoms with E-state index < -0.39 is 0 Å². The molecule has 5 heteroatoms. The number of aryl methyl sites for hydroxylation is 1. The van der Waals surface area contributed by atoms with Crippen molar-refractivity contribution in [3.63, 3.8) is 0 Å². The van der Waals surface area contributed by atoms with Crippen molar-refractivity contribution >= 4 is 0 Å². The molecule has 5 nitrogen and oxygen atoms in total. The third-order valence-corrected chi connectivity index (χ3v) is 2.40. The van der Waals surface area contributed by atoms with E-state index in [9.17, 15) is 0 Å². The van der Waals surface area contributed by atoms with Gasteiger partial charge in [-0.3, -0.25) is 0 Å². The summed E-state index contributed by atoms with van der Waals surface area (Å²) in [6, 6.07) is 0. The zero-order valence-electron chi connectivity index (χ0n) is 10.1. The summed E-state index contributed by atoms with van der Waals surface area (Å²) in [6.07, 6.45) is 1.11. The minimum Gasteiger partial charge on any atom is -0.314 e. The maximum atomic E-state index is 4.14. The van der Waals surface area contributed by atoms with Gasteiger partial charge in [-0.15, -0.1) is 5.10 Å². The Morgan fingerprint density at radius 1 is 1.40 bits per heavy atom. The Labute approximate surface area is 91.5 Å². The fourth-order valence-electron chi connectivity index (χ4n) is 1.48. The molecule has 1 heterocycles. The Morgan fingerprint density at radius 2 is 2.13 bits per heavy atom. The number of nitrogens with zero attached hydrogens (tertiary/aromatic N) is 4. The van der Waals surface area contributed by atoms with Crippen LogP contribution in [0.1, 0.15) is 17.8 Å². The van der Waals surface area contributed by atoms with Gasteiger partial charge in [-0.2, -0.15) is 0 Å². The van der Waals surface area contributed by atoms with Crippen LogP contribution in [-0.4, -0.2) is 47.6 Å². The summed E-state index contributed by atoms with van der Waals surface area (Å²) in [6.45, 7) is 4.89. The van der Waals surface area contributed by atoms with Crippen LogP contribution >= 0.6 is 0 Å². The van der Waals surface area contributed by atoms with E-state index in [-0.39, 0.29) is 0 Å². The van der Waals surface area contributed by atoms with Crippen LogP contribution in [0.15, 0.2) is 0 Å². The molecule has 1 rings (SSSR count). The summed E-state index contributed by atoms with van der Waals surface area (Å²) in [5.74, 6) is 0. The number of hydrogen-bond acceptors (Lipinski definition) is 4. The number of nitrogens with one attached hydrogen (secondary N) is 1. The van der Waals surface area contributed by atoms with Crippen molar-refractivity contribution in [2.75, 3.05) is 27.7 Å². The van der Waals surface area contributed by atoms with Gasteiger partial charge in [-0.25, -0.2) is 4.68 Å². The molecule has 1 aromatic heterocycles. The predicted molar refractivity (Wildman–Crippen MR) is 60.7 cm³/mol. The van der Waals surface area contributed by atoms with Crippen LogP contribution in [0.5, 0.6) is 0 Å². The Morgan fingerprint density at radius 3 is 2.73 bits per heavy atom. The van der Waals surface area contributed by atoms with Gasteiger partial charge in [0.2, 0.25) is 0 Å². The molecule has 0 atom stereocenters. The number of hydrogen-bond donors (Lipinski definition) is 1. The first-order valence-corrected chi connectivity index (χ1v) is 5.33. The molecule has 1 aromatic rings. The van der Waals surface area contributed by atoms with Gasteiger partial charge in [-0.1, -0.05) is 5.21 Å². The van der Waals surface area contributed by atoms with E-state index in [2.05, 4.69) is 41.5 Å². The lowest BCUT2D eigenvalue weighted by molar-refractivity contribution is 0.377. The van der Waals surface area contributed by atoms with E-state index >= 15 is 0 Å². The molecular formula is C10H21N5. The first-order chi connectivity index (χ1) is 7.15. The molecule has 86 valence electrons. The minimum atomic E-state index is 0.791. The summed E-state index contributed by atoms with van der Waals surface area (Å²) >= 11 is 0. The van der Waals surface area contributed by atoms with E-state index in [1.165, 1.54) is 5.69 Å². The van der Waals surface area contributed by atoms with Crippen molar-refractivity contribution in [2.24, 2.45) is 0 Å². The van der Waals surface area contributed by atoms with Crippen molar-refractivity contribution in [3.8, 4) is 0 Å². The highest BCUT2D eigenvalue weighted by molar-refractivity contribution is 5.07. The summed E-state index contributed by atoms with van der Waals surface area (Å²) in [5.41, 5.74) is 2.21. The molecule has 0 aliphatic carbocycles. The second-order valence-corrected chi connectivity index (χ2v) is 4.03. The second kappa shape index (κ2) is 5.82. The van der Waals surface area contributed by atoms with Crippen molar-refractivity contribution in [2.45, 2.75) is 26.4 Å². The Balaban J connectivity index is 2.47. The molecule has 0 aliphatic rings. The van der Waals surface area contributed by atoms with Gasteiger partial charge < -0.3 is 10.2 Å². The third-order valence-electron chi connectivity index (χ3n) is 2.40. The van der Waals surface area contributed by atoms with Crippen molar-refractivity contribution in [1.29, 1.82) is 0 Å². The zero-order chi connectivity index (χ0) is 11.3. The summed E-state index contributed by atoms with van der Waals surface area (Å²) in [7, 11) is 6.09. The topological polar surface area (TPSA) is 46.0 Å². The Bertz CT molecular complexity index is 292. The third kappa shape index (κ3) is 3.60. The molecule has 0 radical (unpaired) electrons. The quantitative estimate of drug-likeness (QED) is 0.733. The molecule has 0 saturated carbocycles. The Hall–Kier alpha value is -0.940. The van der Waals surface area contributed by atoms with Gasteiger partial charge in [-0.05, 0) is 41.0 Å². The normalized spacial score (nSPS) is 11.3. The molecule has 0 unspecified atom stereocenters. The van der Waals surface area contributed by atoms with Crippen LogP contribution in [0, 0.1) is 6.92 Å². The average Bonchev–Trinajstić information content (AvgIpc) is 2.50. The molecule has 0 bridgehead atoms. The molecular weight excluding hydrogens is 190 g/mol. The van der Waals surface area contributed by atoms with Crippen LogP contribution in [-0.2, 0) is 13.1 Å². The van der Waals surface area contributed by atoms with Crippen molar-refractivity contribution < 1.29 is 0 Å². The predicted octanol–water partition coefficient (Wildman–Crippen LogP) is 0.258. The molecule has 0 spiro atoms. The SMILES string of the molecule is CNCc1nnn(CCCN(C)C)c1C. The number of rotatable bonds is 6. The van der Waals surface area contributed by atoms with E-state index in [1.807, 2.05) is 11.7 Å². The number of aromatic nitrogens is 3. The van der Waals surface area contributed by atoms with E-state index in [0.717, 1.165) is 31.7 Å². The highest BCUT2D eigenvalue weighted by Gasteiger charge is 2.06. The van der Waals surface area contributed by atoms with E-state index in [1.54, 1.807) is 0 Å². The molecule has 15 heavy (non-hydrogen) atoms. The zero-order valence-corrected chi connectivity index (χ0v) is 10.1. The van der Waals surface area contributed by atoms with Gasteiger partial charge in [0, 0.05) is 13.1 Å². The molecule has 0 fully saturated rings. The van der Waals surface area contributed by atoms with Crippen molar-refractivity contribution in [1.82, 2.24) is 25.2 Å². The van der Waals surface area contributed by atoms with Gasteiger partial charge in [0.1, 0.15) is 0 Å². The highest BCUT2D eigenvalue weighted by Crippen LogP contribution is 2.03. The lowest BCUT2D eigenvalue weighted by Crippen LogP contribution is -2.16. The fraction of sp³-hybridized carbons (Fsp3) is 0.800. The molecule has 1 N–H and O–H groups in total. The molecule has 0 amide bonds. The summed E-state index contributed by atoms with van der Waals surface area (Å²) in [4.78, 5) is 2.18. The summed E-state index contributed by atoms with van der Waals surface area (Å²) in [5, 5.41) is 11.4. The maximum absolute atomic E-state index is 4.14. The van der Waals surface area contributed by atoms with Gasteiger partial charge in [0.05, 0.1) is 11.4 Å². The molecule has 0 aromatic carbocycles. The van der Waals surface area contributed by atoms with Gasteiger partial charge >= 0.3 is 0 Å². The Kier molecular flexibility index (Phi) is 4.71.